The minimum atomic E-state index is 0. The maximum Gasteiger partial charge on any atom is 0.191 e. The molecule has 0 saturated carbocycles. The molecule has 1 rings (SSSR count). The number of hydrogen-bond donors (Lipinski definition) is 3. The topological polar surface area (TPSA) is 56.7 Å². The van der Waals surface area contributed by atoms with Crippen molar-refractivity contribution < 1.29 is 5.11 Å². The van der Waals surface area contributed by atoms with Gasteiger partial charge in [0, 0.05) is 26.2 Å². The van der Waals surface area contributed by atoms with Gasteiger partial charge in [-0.25, -0.2) is 0 Å². The van der Waals surface area contributed by atoms with E-state index in [1.165, 1.54) is 25.7 Å². The average molecular weight is 395 g/mol. The van der Waals surface area contributed by atoms with Gasteiger partial charge in [-0.2, -0.15) is 0 Å². The molecular formula is C15H30IN3O. The molecule has 118 valence electrons. The summed E-state index contributed by atoms with van der Waals surface area (Å²) in [4.78, 5) is 4.48. The lowest BCUT2D eigenvalue weighted by molar-refractivity contribution is 0.241. The molecule has 0 bridgehead atoms. The number of aliphatic hydroxyl groups is 1. The number of aliphatic imine (C=N–C) groups is 1. The molecule has 1 unspecified atom stereocenters. The summed E-state index contributed by atoms with van der Waals surface area (Å²) in [5.41, 5.74) is 1.58. The molecule has 1 aliphatic rings. The van der Waals surface area contributed by atoms with Crippen LogP contribution in [-0.2, 0) is 0 Å². The highest BCUT2D eigenvalue weighted by molar-refractivity contribution is 14.0. The van der Waals surface area contributed by atoms with Crippen LogP contribution in [0.2, 0.25) is 0 Å². The van der Waals surface area contributed by atoms with Crippen molar-refractivity contribution in [3.8, 4) is 0 Å². The van der Waals surface area contributed by atoms with Crippen LogP contribution in [0.1, 0.15) is 46.0 Å². The first-order chi connectivity index (χ1) is 9.26. The molecule has 3 N–H and O–H groups in total. The van der Waals surface area contributed by atoms with Crippen LogP contribution in [0.4, 0.5) is 0 Å². The number of halogens is 1. The number of hydrogen-bond acceptors (Lipinski definition) is 2. The van der Waals surface area contributed by atoms with E-state index in [0.29, 0.717) is 6.54 Å². The van der Waals surface area contributed by atoms with Crippen molar-refractivity contribution in [2.45, 2.75) is 46.0 Å². The van der Waals surface area contributed by atoms with Gasteiger partial charge in [-0.05, 0) is 44.9 Å². The fourth-order valence-corrected chi connectivity index (χ4v) is 2.12. The highest BCUT2D eigenvalue weighted by Gasteiger charge is 2.04. The first-order valence-electron chi connectivity index (χ1n) is 7.57. The predicted octanol–water partition coefficient (Wildman–Crippen LogP) is 2.68. The van der Waals surface area contributed by atoms with E-state index >= 15 is 0 Å². The Kier molecular flexibility index (Phi) is 12.3. The third-order valence-corrected chi connectivity index (χ3v) is 3.34. The minimum Gasteiger partial charge on any atom is -0.396 e. The van der Waals surface area contributed by atoms with E-state index in [-0.39, 0.29) is 36.5 Å². The van der Waals surface area contributed by atoms with Crippen molar-refractivity contribution in [2.75, 3.05) is 26.2 Å². The highest BCUT2D eigenvalue weighted by atomic mass is 127. The maximum atomic E-state index is 9.01. The van der Waals surface area contributed by atoms with E-state index in [2.05, 4.69) is 28.6 Å². The van der Waals surface area contributed by atoms with Crippen LogP contribution in [0.15, 0.2) is 16.6 Å². The Bertz CT molecular complexity index is 305. The summed E-state index contributed by atoms with van der Waals surface area (Å²) in [5.74, 6) is 1.08. The van der Waals surface area contributed by atoms with Crippen LogP contribution in [0, 0.1) is 5.92 Å². The number of nitrogens with zero attached hydrogens (tertiary/aromatic N) is 1. The lowest BCUT2D eigenvalue weighted by atomic mass is 9.97. The van der Waals surface area contributed by atoms with Crippen molar-refractivity contribution in [1.82, 2.24) is 10.6 Å². The largest absolute Gasteiger partial charge is 0.396 e. The quantitative estimate of drug-likeness (QED) is 0.269. The van der Waals surface area contributed by atoms with Crippen molar-refractivity contribution >= 4 is 29.9 Å². The van der Waals surface area contributed by atoms with E-state index in [0.717, 1.165) is 25.5 Å². The van der Waals surface area contributed by atoms with Crippen LogP contribution >= 0.6 is 24.0 Å². The first kappa shape index (κ1) is 19.7. The van der Waals surface area contributed by atoms with Crippen molar-refractivity contribution in [1.29, 1.82) is 0 Å². The molecule has 0 heterocycles. The molecular weight excluding hydrogens is 365 g/mol. The summed E-state index contributed by atoms with van der Waals surface area (Å²) in [7, 11) is 0. The summed E-state index contributed by atoms with van der Waals surface area (Å²) in [6.45, 7) is 6.72. The monoisotopic (exact) mass is 395 g/mol. The van der Waals surface area contributed by atoms with Gasteiger partial charge in [0.2, 0.25) is 0 Å². The van der Waals surface area contributed by atoms with Gasteiger partial charge in [0.25, 0.3) is 0 Å². The Morgan fingerprint density at radius 2 is 2.20 bits per heavy atom. The average Bonchev–Trinajstić information content (AvgIpc) is 2.45. The molecule has 1 aliphatic carbocycles. The molecule has 0 amide bonds. The fourth-order valence-electron chi connectivity index (χ4n) is 2.12. The van der Waals surface area contributed by atoms with Gasteiger partial charge in [-0.1, -0.05) is 18.6 Å². The van der Waals surface area contributed by atoms with Gasteiger partial charge in [-0.15, -0.1) is 24.0 Å². The second kappa shape index (κ2) is 12.4. The Hall–Kier alpha value is -0.300. The van der Waals surface area contributed by atoms with Crippen LogP contribution in [0.25, 0.3) is 0 Å². The Morgan fingerprint density at radius 3 is 2.80 bits per heavy atom. The lowest BCUT2D eigenvalue weighted by Crippen LogP contribution is -2.38. The molecule has 4 nitrogen and oxygen atoms in total. The highest BCUT2D eigenvalue weighted by Crippen LogP contribution is 2.19. The zero-order chi connectivity index (χ0) is 13.9. The number of allylic oxidation sites excluding steroid dienone is 1. The second-order valence-electron chi connectivity index (χ2n) is 5.29. The molecule has 0 aromatic heterocycles. The molecule has 0 radical (unpaired) electrons. The van der Waals surface area contributed by atoms with E-state index in [9.17, 15) is 0 Å². The standard InChI is InChI=1S/C15H29N3O.HI/c1-3-16-15(18-11-13(2)12-19)17-10-9-14-7-5-4-6-8-14;/h7,13,19H,3-6,8-12H2,1-2H3,(H2,16,17,18);1H. The molecule has 0 spiro atoms. The van der Waals surface area contributed by atoms with Gasteiger partial charge in [0.15, 0.2) is 5.96 Å². The molecule has 0 aromatic carbocycles. The van der Waals surface area contributed by atoms with E-state index in [1.54, 1.807) is 5.57 Å². The van der Waals surface area contributed by atoms with Crippen LogP contribution in [-0.4, -0.2) is 37.3 Å². The summed E-state index contributed by atoms with van der Waals surface area (Å²) in [5, 5.41) is 15.6. The van der Waals surface area contributed by atoms with Gasteiger partial charge in [0.1, 0.15) is 0 Å². The predicted molar refractivity (Wildman–Crippen MR) is 96.8 cm³/mol. The summed E-state index contributed by atoms with van der Waals surface area (Å²) >= 11 is 0. The van der Waals surface area contributed by atoms with Crippen molar-refractivity contribution in [3.63, 3.8) is 0 Å². The third-order valence-electron chi connectivity index (χ3n) is 3.34. The molecule has 1 atom stereocenters. The van der Waals surface area contributed by atoms with Crippen molar-refractivity contribution in [3.05, 3.63) is 11.6 Å². The maximum absolute atomic E-state index is 9.01. The van der Waals surface area contributed by atoms with Gasteiger partial charge in [-0.3, -0.25) is 4.99 Å². The van der Waals surface area contributed by atoms with Crippen LogP contribution in [0.3, 0.4) is 0 Å². The van der Waals surface area contributed by atoms with E-state index in [1.807, 2.05) is 6.92 Å². The third kappa shape index (κ3) is 8.79. The summed E-state index contributed by atoms with van der Waals surface area (Å²) in [6.07, 6.45) is 8.70. The van der Waals surface area contributed by atoms with E-state index < -0.39 is 0 Å². The number of guanidine groups is 1. The van der Waals surface area contributed by atoms with Crippen LogP contribution in [0.5, 0.6) is 0 Å². The first-order valence-corrected chi connectivity index (χ1v) is 7.57. The zero-order valence-electron chi connectivity index (χ0n) is 12.8. The summed E-state index contributed by atoms with van der Waals surface area (Å²) < 4.78 is 0. The van der Waals surface area contributed by atoms with Crippen molar-refractivity contribution in [2.24, 2.45) is 10.9 Å². The lowest BCUT2D eigenvalue weighted by Gasteiger charge is -2.15. The normalized spacial score (nSPS) is 16.9. The van der Waals surface area contributed by atoms with E-state index in [4.69, 9.17) is 5.11 Å². The Balaban J connectivity index is 0.00000361. The molecule has 5 heteroatoms. The van der Waals surface area contributed by atoms with Crippen LogP contribution < -0.4 is 10.6 Å². The minimum absolute atomic E-state index is 0. The second-order valence-corrected chi connectivity index (χ2v) is 5.29. The molecule has 0 saturated heterocycles. The Morgan fingerprint density at radius 1 is 1.40 bits per heavy atom. The number of nitrogens with one attached hydrogen (secondary N) is 2. The summed E-state index contributed by atoms with van der Waals surface area (Å²) in [6, 6.07) is 0. The number of aliphatic hydroxyl groups excluding tert-OH is 1. The smallest absolute Gasteiger partial charge is 0.191 e. The van der Waals surface area contributed by atoms with Gasteiger partial charge < -0.3 is 15.7 Å². The zero-order valence-corrected chi connectivity index (χ0v) is 15.2. The van der Waals surface area contributed by atoms with Gasteiger partial charge in [0.05, 0.1) is 0 Å². The molecule has 0 fully saturated rings. The molecule has 20 heavy (non-hydrogen) atoms. The molecule has 0 aliphatic heterocycles. The fraction of sp³-hybridized carbons (Fsp3) is 0.800. The number of rotatable bonds is 7. The Labute approximate surface area is 140 Å². The SMILES string of the molecule is CCNC(=NCC(C)CO)NCCC1=CCCCC1.I. The molecule has 0 aromatic rings. The van der Waals surface area contributed by atoms with Gasteiger partial charge >= 0.3 is 0 Å².